The Kier molecular flexibility index (Phi) is 4.28. The van der Waals surface area contributed by atoms with E-state index in [4.69, 9.17) is 4.42 Å². The van der Waals surface area contributed by atoms with E-state index < -0.39 is 11.7 Å². The number of halogens is 1. The number of rotatable bonds is 4. The summed E-state index contributed by atoms with van der Waals surface area (Å²) in [5, 5.41) is 12.4. The molecule has 4 rings (SSSR count). The molecule has 0 aliphatic heterocycles. The Balaban J connectivity index is 1.57. The quantitative estimate of drug-likeness (QED) is 0.561. The van der Waals surface area contributed by atoms with Crippen LogP contribution in [0.15, 0.2) is 71.3 Å². The van der Waals surface area contributed by atoms with Crippen molar-refractivity contribution < 1.29 is 13.6 Å². The molecule has 0 radical (unpaired) electrons. The molecule has 4 aromatic rings. The lowest BCUT2D eigenvalue weighted by molar-refractivity contribution is 0.102. The SMILES string of the molecule is O=C(Nc1cccc(-c2nnc(-c3ccco3)s2)c1)c1ccccc1F. The minimum absolute atomic E-state index is 0.00563. The van der Waals surface area contributed by atoms with Gasteiger partial charge in [-0.1, -0.05) is 35.6 Å². The summed E-state index contributed by atoms with van der Waals surface area (Å²) >= 11 is 1.38. The third-order valence-electron chi connectivity index (χ3n) is 3.64. The number of aromatic nitrogens is 2. The normalized spacial score (nSPS) is 10.7. The number of nitrogens with one attached hydrogen (secondary N) is 1. The molecule has 1 amide bonds. The van der Waals surface area contributed by atoms with Crippen molar-refractivity contribution in [2.75, 3.05) is 5.32 Å². The van der Waals surface area contributed by atoms with Crippen molar-refractivity contribution in [3.05, 3.63) is 78.3 Å². The third kappa shape index (κ3) is 3.25. The summed E-state index contributed by atoms with van der Waals surface area (Å²) in [4.78, 5) is 12.3. The molecule has 0 bridgehead atoms. The molecular formula is C19H12FN3O2S. The highest BCUT2D eigenvalue weighted by molar-refractivity contribution is 7.17. The zero-order valence-electron chi connectivity index (χ0n) is 13.3. The highest BCUT2D eigenvalue weighted by atomic mass is 32.1. The topological polar surface area (TPSA) is 68.0 Å². The van der Waals surface area contributed by atoms with E-state index in [2.05, 4.69) is 15.5 Å². The molecule has 26 heavy (non-hydrogen) atoms. The molecule has 0 unspecified atom stereocenters. The summed E-state index contributed by atoms with van der Waals surface area (Å²) in [6.45, 7) is 0. The summed E-state index contributed by atoms with van der Waals surface area (Å²) < 4.78 is 19.1. The maximum atomic E-state index is 13.7. The fraction of sp³-hybridized carbons (Fsp3) is 0. The molecule has 5 nitrogen and oxygen atoms in total. The van der Waals surface area contributed by atoms with E-state index >= 15 is 0 Å². The summed E-state index contributed by atoms with van der Waals surface area (Å²) in [6, 6.07) is 16.6. The molecule has 1 N–H and O–H groups in total. The molecule has 0 aliphatic rings. The van der Waals surface area contributed by atoms with Crippen LogP contribution in [0.5, 0.6) is 0 Å². The lowest BCUT2D eigenvalue weighted by Gasteiger charge is -2.07. The molecular weight excluding hydrogens is 353 g/mol. The largest absolute Gasteiger partial charge is 0.462 e. The lowest BCUT2D eigenvalue weighted by atomic mass is 10.1. The van der Waals surface area contributed by atoms with Gasteiger partial charge in [0.1, 0.15) is 10.8 Å². The number of hydrogen-bond acceptors (Lipinski definition) is 5. The first-order valence-electron chi connectivity index (χ1n) is 7.74. The van der Waals surface area contributed by atoms with Gasteiger partial charge in [-0.05, 0) is 36.4 Å². The molecule has 7 heteroatoms. The molecule has 2 heterocycles. The highest BCUT2D eigenvalue weighted by Gasteiger charge is 2.13. The Morgan fingerprint density at radius 1 is 1.00 bits per heavy atom. The number of hydrogen-bond donors (Lipinski definition) is 1. The predicted molar refractivity (Wildman–Crippen MR) is 97.4 cm³/mol. The zero-order chi connectivity index (χ0) is 17.9. The standard InChI is InChI=1S/C19H12FN3O2S/c20-15-8-2-1-7-14(15)17(24)21-13-6-3-5-12(11-13)18-22-23-19(26-18)16-9-4-10-25-16/h1-11H,(H,21,24). The van der Waals surface area contributed by atoms with Crippen LogP contribution in [-0.2, 0) is 0 Å². The Labute approximate surface area is 152 Å². The van der Waals surface area contributed by atoms with Crippen molar-refractivity contribution in [3.63, 3.8) is 0 Å². The predicted octanol–water partition coefficient (Wildman–Crippen LogP) is 4.86. The third-order valence-corrected chi connectivity index (χ3v) is 4.63. The van der Waals surface area contributed by atoms with Gasteiger partial charge in [-0.15, -0.1) is 10.2 Å². The van der Waals surface area contributed by atoms with Crippen LogP contribution >= 0.6 is 11.3 Å². The maximum Gasteiger partial charge on any atom is 0.258 e. The summed E-state index contributed by atoms with van der Waals surface area (Å²) in [6.07, 6.45) is 1.58. The minimum atomic E-state index is -0.562. The molecule has 0 spiro atoms. The summed E-state index contributed by atoms with van der Waals surface area (Å²) in [5.74, 6) is -0.417. The van der Waals surface area contributed by atoms with Gasteiger partial charge in [0.05, 0.1) is 11.8 Å². The van der Waals surface area contributed by atoms with Gasteiger partial charge in [-0.2, -0.15) is 0 Å². The van der Waals surface area contributed by atoms with Crippen molar-refractivity contribution in [3.8, 4) is 21.3 Å². The van der Waals surface area contributed by atoms with Gasteiger partial charge in [0.15, 0.2) is 10.8 Å². The van der Waals surface area contributed by atoms with Crippen LogP contribution in [0.3, 0.4) is 0 Å². The molecule has 0 saturated carbocycles. The lowest BCUT2D eigenvalue weighted by Crippen LogP contribution is -2.13. The van der Waals surface area contributed by atoms with E-state index in [1.54, 1.807) is 42.7 Å². The van der Waals surface area contributed by atoms with E-state index in [0.717, 1.165) is 5.56 Å². The monoisotopic (exact) mass is 365 g/mol. The second-order valence-electron chi connectivity index (χ2n) is 5.40. The van der Waals surface area contributed by atoms with Crippen molar-refractivity contribution in [1.82, 2.24) is 10.2 Å². The molecule has 2 aromatic heterocycles. The van der Waals surface area contributed by atoms with E-state index in [1.807, 2.05) is 12.1 Å². The first-order valence-corrected chi connectivity index (χ1v) is 8.56. The number of nitrogens with zero attached hydrogens (tertiary/aromatic N) is 2. The second-order valence-corrected chi connectivity index (χ2v) is 6.38. The number of carbonyl (C=O) groups excluding carboxylic acids is 1. The van der Waals surface area contributed by atoms with Gasteiger partial charge in [-0.25, -0.2) is 4.39 Å². The van der Waals surface area contributed by atoms with E-state index in [1.165, 1.54) is 23.5 Å². The fourth-order valence-corrected chi connectivity index (χ4v) is 3.22. The van der Waals surface area contributed by atoms with Crippen LogP contribution in [0.4, 0.5) is 10.1 Å². The number of furan rings is 1. The van der Waals surface area contributed by atoms with Crippen LogP contribution in [0, 0.1) is 5.82 Å². The Hall–Kier alpha value is -3.32. The van der Waals surface area contributed by atoms with Crippen molar-refractivity contribution in [1.29, 1.82) is 0 Å². The molecule has 2 aromatic carbocycles. The van der Waals surface area contributed by atoms with Gasteiger partial charge >= 0.3 is 0 Å². The molecule has 0 aliphatic carbocycles. The van der Waals surface area contributed by atoms with Crippen LogP contribution < -0.4 is 5.32 Å². The van der Waals surface area contributed by atoms with E-state index in [9.17, 15) is 9.18 Å². The van der Waals surface area contributed by atoms with Crippen molar-refractivity contribution in [2.24, 2.45) is 0 Å². The van der Waals surface area contributed by atoms with E-state index in [-0.39, 0.29) is 5.56 Å². The van der Waals surface area contributed by atoms with Crippen molar-refractivity contribution >= 4 is 22.9 Å². The second kappa shape index (κ2) is 6.89. The summed E-state index contributed by atoms with van der Waals surface area (Å²) in [5.41, 5.74) is 1.34. The zero-order valence-corrected chi connectivity index (χ0v) is 14.2. The average molecular weight is 365 g/mol. The first-order chi connectivity index (χ1) is 12.7. The average Bonchev–Trinajstić information content (AvgIpc) is 3.34. The van der Waals surface area contributed by atoms with Crippen LogP contribution in [0.1, 0.15) is 10.4 Å². The number of amides is 1. The maximum absolute atomic E-state index is 13.7. The van der Waals surface area contributed by atoms with Gasteiger partial charge in [0.25, 0.3) is 5.91 Å². The smallest absolute Gasteiger partial charge is 0.258 e. The van der Waals surface area contributed by atoms with Crippen LogP contribution in [0.2, 0.25) is 0 Å². The molecule has 128 valence electrons. The number of carbonyl (C=O) groups is 1. The Bertz CT molecular complexity index is 1060. The Morgan fingerprint density at radius 3 is 2.65 bits per heavy atom. The van der Waals surface area contributed by atoms with Gasteiger partial charge in [-0.3, -0.25) is 4.79 Å². The van der Waals surface area contributed by atoms with Crippen LogP contribution in [-0.4, -0.2) is 16.1 Å². The summed E-state index contributed by atoms with van der Waals surface area (Å²) in [7, 11) is 0. The van der Waals surface area contributed by atoms with Crippen LogP contribution in [0.25, 0.3) is 21.3 Å². The molecule has 0 atom stereocenters. The van der Waals surface area contributed by atoms with Crippen molar-refractivity contribution in [2.45, 2.75) is 0 Å². The molecule has 0 fully saturated rings. The number of benzene rings is 2. The fourth-order valence-electron chi connectivity index (χ4n) is 2.41. The van der Waals surface area contributed by atoms with Gasteiger partial charge < -0.3 is 9.73 Å². The Morgan fingerprint density at radius 2 is 1.85 bits per heavy atom. The minimum Gasteiger partial charge on any atom is -0.462 e. The number of anilines is 1. The first kappa shape index (κ1) is 16.2. The van der Waals surface area contributed by atoms with Gasteiger partial charge in [0.2, 0.25) is 0 Å². The molecule has 0 saturated heterocycles. The van der Waals surface area contributed by atoms with Gasteiger partial charge in [0, 0.05) is 11.3 Å². The highest BCUT2D eigenvalue weighted by Crippen LogP contribution is 2.31. The van der Waals surface area contributed by atoms with E-state index in [0.29, 0.717) is 21.5 Å².